The fourth-order valence-corrected chi connectivity index (χ4v) is 3.76. The number of hydrogen-bond acceptors (Lipinski definition) is 4. The Hall–Kier alpha value is -1.56. The van der Waals surface area contributed by atoms with Gasteiger partial charge in [-0.25, -0.2) is 8.42 Å². The molecule has 0 bridgehead atoms. The summed E-state index contributed by atoms with van der Waals surface area (Å²) in [7, 11) is -3.39. The van der Waals surface area contributed by atoms with Gasteiger partial charge in [0.25, 0.3) is 0 Å². The number of sulfone groups is 1. The molecule has 130 valence electrons. The molecule has 1 aromatic carbocycles. The molecule has 0 fully saturated rings. The van der Waals surface area contributed by atoms with Gasteiger partial charge in [0.15, 0.2) is 9.84 Å². The van der Waals surface area contributed by atoms with Crippen molar-refractivity contribution in [1.82, 2.24) is 0 Å². The van der Waals surface area contributed by atoms with E-state index in [0.717, 1.165) is 12.2 Å². The van der Waals surface area contributed by atoms with Crippen molar-refractivity contribution in [2.75, 3.05) is 22.5 Å². The molecule has 1 N–H and O–H groups in total. The molecule has 0 aromatic heterocycles. The topological polar surface area (TPSA) is 66.5 Å². The monoisotopic (exact) mass is 340 g/mol. The lowest BCUT2D eigenvalue weighted by Crippen LogP contribution is -2.34. The van der Waals surface area contributed by atoms with Crippen LogP contribution < -0.4 is 10.2 Å². The fraction of sp³-hybridized carbons (Fsp3) is 0.588. The second kappa shape index (κ2) is 8.34. The van der Waals surface area contributed by atoms with Gasteiger partial charge in [0.05, 0.1) is 5.75 Å². The fourth-order valence-electron chi connectivity index (χ4n) is 2.45. The van der Waals surface area contributed by atoms with Gasteiger partial charge < -0.3 is 10.2 Å². The number of nitrogens with zero attached hydrogens (tertiary/aromatic N) is 1. The molecule has 1 amide bonds. The highest BCUT2D eigenvalue weighted by Crippen LogP contribution is 2.20. The Morgan fingerprint density at radius 3 is 2.13 bits per heavy atom. The van der Waals surface area contributed by atoms with Crippen molar-refractivity contribution < 1.29 is 13.2 Å². The van der Waals surface area contributed by atoms with E-state index in [1.54, 1.807) is 19.1 Å². The highest BCUT2D eigenvalue weighted by molar-refractivity contribution is 7.92. The average molecular weight is 340 g/mol. The number of rotatable bonds is 8. The van der Waals surface area contributed by atoms with Gasteiger partial charge in [-0.3, -0.25) is 4.79 Å². The van der Waals surface area contributed by atoms with Gasteiger partial charge in [-0.1, -0.05) is 6.92 Å². The number of nitrogens with one attached hydrogen (secondary N) is 1. The predicted octanol–water partition coefficient (Wildman–Crippen LogP) is 3.07. The van der Waals surface area contributed by atoms with Crippen LogP contribution in [0.5, 0.6) is 0 Å². The molecule has 23 heavy (non-hydrogen) atoms. The van der Waals surface area contributed by atoms with Crippen molar-refractivity contribution in [2.24, 2.45) is 0 Å². The molecule has 1 unspecified atom stereocenters. The van der Waals surface area contributed by atoms with Crippen molar-refractivity contribution in [3.8, 4) is 0 Å². The van der Waals surface area contributed by atoms with Gasteiger partial charge in [-0.05, 0) is 58.4 Å². The first-order chi connectivity index (χ1) is 10.7. The third kappa shape index (κ3) is 5.23. The molecule has 0 aliphatic rings. The molecular weight excluding hydrogens is 312 g/mol. The Morgan fingerprint density at radius 1 is 1.13 bits per heavy atom. The van der Waals surface area contributed by atoms with Gasteiger partial charge in [-0.15, -0.1) is 0 Å². The number of hydrogen-bond donors (Lipinski definition) is 1. The van der Waals surface area contributed by atoms with Crippen LogP contribution in [0.4, 0.5) is 11.4 Å². The second-order valence-electron chi connectivity index (χ2n) is 5.93. The van der Waals surface area contributed by atoms with Crippen LogP contribution in [0.1, 0.15) is 41.0 Å². The molecule has 5 nitrogen and oxygen atoms in total. The molecule has 0 heterocycles. The molecule has 0 saturated carbocycles. The number of carbonyl (C=O) groups excluding carboxylic acids is 1. The number of benzene rings is 1. The Kier molecular flexibility index (Phi) is 7.06. The lowest BCUT2D eigenvalue weighted by molar-refractivity contribution is -0.115. The Bertz CT molecular complexity index is 609. The average Bonchev–Trinajstić information content (AvgIpc) is 2.48. The summed E-state index contributed by atoms with van der Waals surface area (Å²) in [6.07, 6.45) is 0.511. The first kappa shape index (κ1) is 19.5. The van der Waals surface area contributed by atoms with Gasteiger partial charge in [0.2, 0.25) is 5.91 Å². The quantitative estimate of drug-likeness (QED) is 0.790. The minimum absolute atomic E-state index is 0.0281. The smallest absolute Gasteiger partial charge is 0.242 e. The van der Waals surface area contributed by atoms with Gasteiger partial charge in [0, 0.05) is 24.0 Å². The molecule has 0 spiro atoms. The van der Waals surface area contributed by atoms with E-state index < -0.39 is 21.0 Å². The highest BCUT2D eigenvalue weighted by Gasteiger charge is 2.27. The zero-order valence-corrected chi connectivity index (χ0v) is 15.5. The van der Waals surface area contributed by atoms with Gasteiger partial charge in [0.1, 0.15) is 5.25 Å². The third-order valence-electron chi connectivity index (χ3n) is 3.83. The molecular formula is C17H28N2O3S. The van der Waals surface area contributed by atoms with Crippen LogP contribution in [0.3, 0.4) is 0 Å². The molecule has 6 heteroatoms. The third-order valence-corrected chi connectivity index (χ3v) is 6.10. The summed E-state index contributed by atoms with van der Waals surface area (Å²) in [4.78, 5) is 14.4. The zero-order chi connectivity index (χ0) is 17.6. The minimum atomic E-state index is -3.39. The summed E-state index contributed by atoms with van der Waals surface area (Å²) in [5, 5.41) is 1.65. The Balaban J connectivity index is 2.81. The summed E-state index contributed by atoms with van der Waals surface area (Å²) in [6.45, 7) is 10.5. The van der Waals surface area contributed by atoms with Gasteiger partial charge >= 0.3 is 0 Å². The Morgan fingerprint density at radius 2 is 1.70 bits per heavy atom. The molecule has 1 rings (SSSR count). The van der Waals surface area contributed by atoms with Crippen molar-refractivity contribution >= 4 is 27.1 Å². The van der Waals surface area contributed by atoms with E-state index >= 15 is 0 Å². The number of carbonyl (C=O) groups is 1. The standard InChI is InChI=1S/C17H28N2O3S/c1-6-12-23(21,22)14(5)17(20)18-15-8-10-16(11-9-15)19(7-2)13(3)4/h8-11,13-14H,6-7,12H2,1-5H3,(H,18,20). The summed E-state index contributed by atoms with van der Waals surface area (Å²) >= 11 is 0. The molecule has 1 aromatic rings. The molecule has 0 radical (unpaired) electrons. The van der Waals surface area contributed by atoms with Crippen molar-refractivity contribution in [1.29, 1.82) is 0 Å². The second-order valence-corrected chi connectivity index (χ2v) is 8.37. The van der Waals surface area contributed by atoms with E-state index in [1.165, 1.54) is 6.92 Å². The van der Waals surface area contributed by atoms with Crippen LogP contribution >= 0.6 is 0 Å². The van der Waals surface area contributed by atoms with Crippen molar-refractivity contribution in [3.63, 3.8) is 0 Å². The Labute approximate surface area is 140 Å². The predicted molar refractivity (Wildman–Crippen MR) is 96.8 cm³/mol. The van der Waals surface area contributed by atoms with Crippen LogP contribution in [0.2, 0.25) is 0 Å². The molecule has 0 saturated heterocycles. The summed E-state index contributed by atoms with van der Waals surface area (Å²) in [5.74, 6) is -0.456. The normalized spacial score (nSPS) is 13.0. The van der Waals surface area contributed by atoms with E-state index in [1.807, 2.05) is 12.1 Å². The molecule has 0 aliphatic carbocycles. The lowest BCUT2D eigenvalue weighted by atomic mass is 10.2. The maximum atomic E-state index is 12.1. The maximum Gasteiger partial charge on any atom is 0.242 e. The number of amides is 1. The van der Waals surface area contributed by atoms with E-state index in [2.05, 4.69) is 31.0 Å². The van der Waals surface area contributed by atoms with E-state index in [4.69, 9.17) is 0 Å². The zero-order valence-electron chi connectivity index (χ0n) is 14.7. The largest absolute Gasteiger partial charge is 0.369 e. The SMILES string of the molecule is CCCS(=O)(=O)C(C)C(=O)Nc1ccc(N(CC)C(C)C)cc1. The van der Waals surface area contributed by atoms with Crippen molar-refractivity contribution in [3.05, 3.63) is 24.3 Å². The highest BCUT2D eigenvalue weighted by atomic mass is 32.2. The first-order valence-corrected chi connectivity index (χ1v) is 9.83. The van der Waals surface area contributed by atoms with E-state index in [-0.39, 0.29) is 5.75 Å². The summed E-state index contributed by atoms with van der Waals surface area (Å²) in [5.41, 5.74) is 1.68. The lowest BCUT2D eigenvalue weighted by Gasteiger charge is -2.27. The van der Waals surface area contributed by atoms with Crippen LogP contribution in [-0.2, 0) is 14.6 Å². The van der Waals surface area contributed by atoms with Crippen molar-refractivity contribution in [2.45, 2.75) is 52.3 Å². The van der Waals surface area contributed by atoms with E-state index in [9.17, 15) is 13.2 Å². The summed E-state index contributed by atoms with van der Waals surface area (Å²) < 4.78 is 23.9. The maximum absolute atomic E-state index is 12.1. The number of anilines is 2. The van der Waals surface area contributed by atoms with Crippen LogP contribution in [-0.4, -0.2) is 37.9 Å². The summed E-state index contributed by atoms with van der Waals surface area (Å²) in [6, 6.07) is 7.86. The van der Waals surface area contributed by atoms with E-state index in [0.29, 0.717) is 18.2 Å². The van der Waals surface area contributed by atoms with Crippen LogP contribution in [0.15, 0.2) is 24.3 Å². The van der Waals surface area contributed by atoms with Crippen LogP contribution in [0.25, 0.3) is 0 Å². The minimum Gasteiger partial charge on any atom is -0.369 e. The molecule has 1 atom stereocenters. The van der Waals surface area contributed by atoms with Gasteiger partial charge in [-0.2, -0.15) is 0 Å². The molecule has 0 aliphatic heterocycles. The first-order valence-electron chi connectivity index (χ1n) is 8.12. The van der Waals surface area contributed by atoms with Crippen LogP contribution in [0, 0.1) is 0 Å².